The molecule has 0 aliphatic heterocycles. The number of hydrogen-bond donors (Lipinski definition) is 2. The Morgan fingerprint density at radius 2 is 1.67 bits per heavy atom. The number of carbonyl (C=O) groups is 2. The number of nitrogens with one attached hydrogen (secondary N) is 2. The number of carbonyl (C=O) groups excluding carboxylic acids is 2. The van der Waals surface area contributed by atoms with Crippen LogP contribution in [0, 0.1) is 6.92 Å². The predicted molar refractivity (Wildman–Crippen MR) is 126 cm³/mol. The number of aryl methyl sites for hydroxylation is 1. The second kappa shape index (κ2) is 10.3. The van der Waals surface area contributed by atoms with Crippen LogP contribution in [0.25, 0.3) is 0 Å². The van der Waals surface area contributed by atoms with E-state index in [9.17, 15) is 22.8 Å². The topological polar surface area (TPSA) is 58.2 Å². The highest BCUT2D eigenvalue weighted by atomic mass is 35.5. The van der Waals surface area contributed by atoms with E-state index in [4.69, 9.17) is 11.6 Å². The van der Waals surface area contributed by atoms with Crippen molar-refractivity contribution >= 4 is 46.6 Å². The molecule has 1 atom stereocenters. The third-order valence-electron chi connectivity index (χ3n) is 4.63. The number of halogens is 4. The van der Waals surface area contributed by atoms with Gasteiger partial charge in [0.05, 0.1) is 16.5 Å². The molecule has 172 valence electrons. The monoisotopic (exact) mass is 492 g/mol. The fourth-order valence-corrected chi connectivity index (χ4v) is 4.01. The maximum absolute atomic E-state index is 13.3. The van der Waals surface area contributed by atoms with Crippen LogP contribution in [0.2, 0.25) is 5.02 Å². The third kappa shape index (κ3) is 6.76. The molecule has 0 heterocycles. The van der Waals surface area contributed by atoms with Crippen LogP contribution in [0.3, 0.4) is 0 Å². The van der Waals surface area contributed by atoms with Crippen molar-refractivity contribution in [1.29, 1.82) is 0 Å². The van der Waals surface area contributed by atoms with Gasteiger partial charge in [0.15, 0.2) is 0 Å². The molecule has 0 aliphatic carbocycles. The maximum Gasteiger partial charge on any atom is 0.418 e. The molecule has 3 rings (SSSR count). The summed E-state index contributed by atoms with van der Waals surface area (Å²) in [5.74, 6) is -0.868. The van der Waals surface area contributed by atoms with Crippen LogP contribution in [0.5, 0.6) is 0 Å². The molecule has 0 bridgehead atoms. The van der Waals surface area contributed by atoms with Crippen molar-refractivity contribution in [3.63, 3.8) is 0 Å². The number of amides is 2. The molecule has 0 spiro atoms. The van der Waals surface area contributed by atoms with E-state index < -0.39 is 22.9 Å². The van der Waals surface area contributed by atoms with E-state index in [2.05, 4.69) is 10.6 Å². The SMILES string of the molecule is Cc1ccc(C(=O)Nc2cccc(SC(C)C(=O)Nc3ccc(Cl)cc3C(F)(F)F)c2)cc1. The summed E-state index contributed by atoms with van der Waals surface area (Å²) in [6, 6.07) is 17.2. The van der Waals surface area contributed by atoms with E-state index in [1.165, 1.54) is 6.07 Å². The van der Waals surface area contributed by atoms with Gasteiger partial charge in [-0.25, -0.2) is 0 Å². The molecule has 0 aliphatic rings. The second-order valence-corrected chi connectivity index (χ2v) is 9.14. The van der Waals surface area contributed by atoms with Crippen molar-refractivity contribution in [2.24, 2.45) is 0 Å². The predicted octanol–water partition coefficient (Wildman–Crippen LogP) is 7.04. The van der Waals surface area contributed by atoms with Gasteiger partial charge >= 0.3 is 6.18 Å². The van der Waals surface area contributed by atoms with E-state index in [1.807, 2.05) is 19.1 Å². The molecule has 4 nitrogen and oxygen atoms in total. The van der Waals surface area contributed by atoms with E-state index in [1.54, 1.807) is 43.3 Å². The lowest BCUT2D eigenvalue weighted by Gasteiger charge is -2.17. The molecule has 0 saturated heterocycles. The van der Waals surface area contributed by atoms with Crippen LogP contribution in [-0.4, -0.2) is 17.1 Å². The highest BCUT2D eigenvalue weighted by molar-refractivity contribution is 8.00. The minimum atomic E-state index is -4.66. The molecule has 0 radical (unpaired) electrons. The highest BCUT2D eigenvalue weighted by Crippen LogP contribution is 2.37. The first-order chi connectivity index (χ1) is 15.5. The van der Waals surface area contributed by atoms with Gasteiger partial charge in [0.1, 0.15) is 0 Å². The van der Waals surface area contributed by atoms with Gasteiger partial charge in [0.2, 0.25) is 5.91 Å². The molecule has 0 saturated carbocycles. The van der Waals surface area contributed by atoms with Crippen LogP contribution in [-0.2, 0) is 11.0 Å². The molecule has 33 heavy (non-hydrogen) atoms. The fourth-order valence-electron chi connectivity index (χ4n) is 2.91. The number of alkyl halides is 3. The maximum atomic E-state index is 13.3. The van der Waals surface area contributed by atoms with Crippen LogP contribution >= 0.6 is 23.4 Å². The first-order valence-corrected chi connectivity index (χ1v) is 11.1. The summed E-state index contributed by atoms with van der Waals surface area (Å²) in [7, 11) is 0. The van der Waals surface area contributed by atoms with Gasteiger partial charge in [-0.1, -0.05) is 35.4 Å². The zero-order valence-electron chi connectivity index (χ0n) is 17.7. The number of hydrogen-bond acceptors (Lipinski definition) is 3. The first kappa shape index (κ1) is 24.7. The Labute approximate surface area is 198 Å². The average molecular weight is 493 g/mol. The molecule has 0 aromatic heterocycles. The first-order valence-electron chi connectivity index (χ1n) is 9.85. The van der Waals surface area contributed by atoms with Gasteiger partial charge in [-0.3, -0.25) is 9.59 Å². The summed E-state index contributed by atoms with van der Waals surface area (Å²) in [6.45, 7) is 3.51. The van der Waals surface area contributed by atoms with Crippen molar-refractivity contribution in [2.45, 2.75) is 30.2 Å². The lowest BCUT2D eigenvalue weighted by atomic mass is 10.1. The molecule has 1 unspecified atom stereocenters. The fraction of sp³-hybridized carbons (Fsp3) is 0.167. The number of thioether (sulfide) groups is 1. The Morgan fingerprint density at radius 1 is 0.970 bits per heavy atom. The van der Waals surface area contributed by atoms with Crippen molar-refractivity contribution in [2.75, 3.05) is 10.6 Å². The zero-order chi connectivity index (χ0) is 24.2. The summed E-state index contributed by atoms with van der Waals surface area (Å²) in [5.41, 5.74) is 0.716. The van der Waals surface area contributed by atoms with Crippen molar-refractivity contribution in [3.05, 3.63) is 88.4 Å². The number of rotatable bonds is 6. The van der Waals surface area contributed by atoms with Crippen LogP contribution in [0.4, 0.5) is 24.5 Å². The van der Waals surface area contributed by atoms with Gasteiger partial charge in [-0.15, -0.1) is 11.8 Å². The van der Waals surface area contributed by atoms with Gasteiger partial charge in [0, 0.05) is 21.2 Å². The molecular formula is C24H20ClF3N2O2S. The van der Waals surface area contributed by atoms with E-state index >= 15 is 0 Å². The van der Waals surface area contributed by atoms with E-state index in [0.29, 0.717) is 16.1 Å². The molecule has 9 heteroatoms. The Kier molecular flexibility index (Phi) is 7.71. The highest BCUT2D eigenvalue weighted by Gasteiger charge is 2.34. The quantitative estimate of drug-likeness (QED) is 0.363. The summed E-state index contributed by atoms with van der Waals surface area (Å²) in [4.78, 5) is 25.7. The summed E-state index contributed by atoms with van der Waals surface area (Å²) in [5, 5.41) is 4.35. The van der Waals surface area contributed by atoms with E-state index in [-0.39, 0.29) is 16.6 Å². The summed E-state index contributed by atoms with van der Waals surface area (Å²) >= 11 is 6.84. The number of benzene rings is 3. The second-order valence-electron chi connectivity index (χ2n) is 7.28. The molecule has 3 aromatic rings. The number of anilines is 2. The van der Waals surface area contributed by atoms with Crippen molar-refractivity contribution in [1.82, 2.24) is 0 Å². The molecular weight excluding hydrogens is 473 g/mol. The normalized spacial score (nSPS) is 12.2. The Bertz CT molecular complexity index is 1170. The minimum absolute atomic E-state index is 0.0766. The zero-order valence-corrected chi connectivity index (χ0v) is 19.2. The van der Waals surface area contributed by atoms with Crippen molar-refractivity contribution in [3.8, 4) is 0 Å². The minimum Gasteiger partial charge on any atom is -0.325 e. The molecule has 3 aromatic carbocycles. The van der Waals surface area contributed by atoms with E-state index in [0.717, 1.165) is 29.5 Å². The lowest BCUT2D eigenvalue weighted by Crippen LogP contribution is -2.24. The van der Waals surface area contributed by atoms with Gasteiger partial charge < -0.3 is 10.6 Å². The largest absolute Gasteiger partial charge is 0.418 e. The van der Waals surface area contributed by atoms with Gasteiger partial charge in [0.25, 0.3) is 5.91 Å². The van der Waals surface area contributed by atoms with Gasteiger partial charge in [-0.2, -0.15) is 13.2 Å². The van der Waals surface area contributed by atoms with Crippen LogP contribution in [0.1, 0.15) is 28.4 Å². The third-order valence-corrected chi connectivity index (χ3v) is 5.96. The smallest absolute Gasteiger partial charge is 0.325 e. The lowest BCUT2D eigenvalue weighted by molar-refractivity contribution is -0.137. The molecule has 0 fully saturated rings. The van der Waals surface area contributed by atoms with Crippen LogP contribution in [0.15, 0.2) is 71.6 Å². The Balaban J connectivity index is 1.67. The molecule has 2 N–H and O–H groups in total. The average Bonchev–Trinajstić information content (AvgIpc) is 2.75. The summed E-state index contributed by atoms with van der Waals surface area (Å²) in [6.07, 6.45) is -4.66. The standard InChI is InChI=1S/C24H20ClF3N2O2S/c1-14-6-8-16(9-7-14)23(32)29-18-4-3-5-19(13-18)33-15(2)22(31)30-21-11-10-17(25)12-20(21)24(26,27)28/h3-13,15H,1-2H3,(H,29,32)(H,30,31). The summed E-state index contributed by atoms with van der Waals surface area (Å²) < 4.78 is 39.8. The van der Waals surface area contributed by atoms with Crippen molar-refractivity contribution < 1.29 is 22.8 Å². The van der Waals surface area contributed by atoms with Gasteiger partial charge in [-0.05, 0) is 62.4 Å². The Morgan fingerprint density at radius 3 is 2.33 bits per heavy atom. The Hall–Kier alpha value is -2.97. The van der Waals surface area contributed by atoms with Crippen LogP contribution < -0.4 is 10.6 Å². The molecule has 2 amide bonds.